The van der Waals surface area contributed by atoms with Gasteiger partial charge in [-0.1, -0.05) is 52.0 Å². The Kier molecular flexibility index (Phi) is 6.53. The minimum Gasteiger partial charge on any atom is -0.329 e. The molecule has 0 spiro atoms. The topological polar surface area (TPSA) is 29.3 Å². The summed E-state index contributed by atoms with van der Waals surface area (Å²) in [5.41, 5.74) is 8.69. The normalized spacial score (nSPS) is 13.5. The number of rotatable bonds is 7. The van der Waals surface area contributed by atoms with Gasteiger partial charge in [-0.2, -0.15) is 0 Å². The minimum absolute atomic E-state index is 0.333. The summed E-state index contributed by atoms with van der Waals surface area (Å²) in [6.45, 7) is 10.8. The second kappa shape index (κ2) is 7.66. The van der Waals surface area contributed by atoms with E-state index in [2.05, 4.69) is 63.9 Å². The summed E-state index contributed by atoms with van der Waals surface area (Å²) in [5.74, 6) is 1.33. The number of nitrogens with two attached hydrogens (primary N) is 1. The quantitative estimate of drug-likeness (QED) is 0.810. The second-order valence-corrected chi connectivity index (χ2v) is 6.24. The van der Waals surface area contributed by atoms with E-state index >= 15 is 0 Å². The highest BCUT2D eigenvalue weighted by Crippen LogP contribution is 2.22. The molecule has 1 rings (SSSR count). The Morgan fingerprint density at radius 3 is 1.95 bits per heavy atom. The van der Waals surface area contributed by atoms with Crippen molar-refractivity contribution in [1.29, 1.82) is 0 Å². The third-order valence-electron chi connectivity index (χ3n) is 3.80. The fraction of sp³-hybridized carbons (Fsp3) is 0.647. The zero-order valence-electron chi connectivity index (χ0n) is 13.2. The highest BCUT2D eigenvalue weighted by Gasteiger charge is 2.15. The van der Waals surface area contributed by atoms with Crippen molar-refractivity contribution in [3.05, 3.63) is 35.4 Å². The number of hydrogen-bond acceptors (Lipinski definition) is 2. The third-order valence-corrected chi connectivity index (χ3v) is 3.80. The summed E-state index contributed by atoms with van der Waals surface area (Å²) in [5, 5.41) is 0. The van der Waals surface area contributed by atoms with Gasteiger partial charge in [0.15, 0.2) is 0 Å². The fourth-order valence-corrected chi connectivity index (χ4v) is 2.29. The molecule has 1 unspecified atom stereocenters. The summed E-state index contributed by atoms with van der Waals surface area (Å²) in [4.78, 5) is 2.38. The maximum absolute atomic E-state index is 5.97. The summed E-state index contributed by atoms with van der Waals surface area (Å²) in [6.07, 6.45) is 1.22. The lowest BCUT2D eigenvalue weighted by atomic mass is 9.98. The molecule has 2 heteroatoms. The maximum atomic E-state index is 5.97. The smallest absolute Gasteiger partial charge is 0.0467 e. The van der Waals surface area contributed by atoms with Crippen LogP contribution in [0.15, 0.2) is 24.3 Å². The molecular weight excluding hydrogens is 232 g/mol. The van der Waals surface area contributed by atoms with Gasteiger partial charge in [0.2, 0.25) is 0 Å². The Bertz CT molecular complexity index is 354. The zero-order valence-corrected chi connectivity index (χ0v) is 13.2. The first-order valence-corrected chi connectivity index (χ1v) is 7.45. The minimum atomic E-state index is 0.333. The molecule has 0 aliphatic carbocycles. The van der Waals surface area contributed by atoms with E-state index in [1.807, 2.05) is 0 Å². The van der Waals surface area contributed by atoms with E-state index < -0.39 is 0 Å². The van der Waals surface area contributed by atoms with Crippen molar-refractivity contribution in [2.24, 2.45) is 11.7 Å². The van der Waals surface area contributed by atoms with Gasteiger partial charge in [-0.05, 0) is 43.0 Å². The molecule has 1 atom stereocenters. The van der Waals surface area contributed by atoms with Gasteiger partial charge in [0, 0.05) is 12.6 Å². The molecule has 0 bridgehead atoms. The van der Waals surface area contributed by atoms with Crippen molar-refractivity contribution in [2.45, 2.75) is 46.1 Å². The molecule has 19 heavy (non-hydrogen) atoms. The van der Waals surface area contributed by atoms with Crippen molar-refractivity contribution in [3.63, 3.8) is 0 Å². The highest BCUT2D eigenvalue weighted by molar-refractivity contribution is 5.27. The van der Waals surface area contributed by atoms with E-state index in [0.717, 1.165) is 12.5 Å². The van der Waals surface area contributed by atoms with Gasteiger partial charge >= 0.3 is 0 Å². The predicted molar refractivity (Wildman–Crippen MR) is 84.4 cm³/mol. The lowest BCUT2D eigenvalue weighted by Gasteiger charge is -2.28. The number of nitrogens with zero attached hydrogens (tertiary/aromatic N) is 1. The molecule has 0 saturated heterocycles. The molecule has 0 saturated carbocycles. The lowest BCUT2D eigenvalue weighted by molar-refractivity contribution is 0.236. The molecule has 0 aromatic heterocycles. The largest absolute Gasteiger partial charge is 0.329 e. The van der Waals surface area contributed by atoms with Crippen LogP contribution in [0.25, 0.3) is 0 Å². The molecule has 0 aliphatic rings. The first-order valence-electron chi connectivity index (χ1n) is 7.45. The van der Waals surface area contributed by atoms with Crippen molar-refractivity contribution < 1.29 is 0 Å². The van der Waals surface area contributed by atoms with Crippen molar-refractivity contribution >= 4 is 0 Å². The van der Waals surface area contributed by atoms with E-state index in [1.54, 1.807) is 0 Å². The molecule has 2 nitrogen and oxygen atoms in total. The van der Waals surface area contributed by atoms with Crippen LogP contribution in [-0.2, 0) is 0 Å². The summed E-state index contributed by atoms with van der Waals surface area (Å²) in [6, 6.07) is 9.27. The van der Waals surface area contributed by atoms with Crippen LogP contribution in [0.2, 0.25) is 0 Å². The van der Waals surface area contributed by atoms with Crippen molar-refractivity contribution in [3.8, 4) is 0 Å². The van der Waals surface area contributed by atoms with E-state index in [9.17, 15) is 0 Å². The predicted octanol–water partition coefficient (Wildman–Crippen LogP) is 3.79. The lowest BCUT2D eigenvalue weighted by Crippen LogP contribution is -2.31. The Labute approximate surface area is 119 Å². The first kappa shape index (κ1) is 16.2. The Morgan fingerprint density at radius 1 is 1.00 bits per heavy atom. The summed E-state index contributed by atoms with van der Waals surface area (Å²) in [7, 11) is 2.18. The third kappa shape index (κ3) is 4.96. The van der Waals surface area contributed by atoms with E-state index in [-0.39, 0.29) is 0 Å². The monoisotopic (exact) mass is 262 g/mol. The van der Waals surface area contributed by atoms with Crippen LogP contribution in [0.1, 0.15) is 57.2 Å². The van der Waals surface area contributed by atoms with Gasteiger partial charge in [0.1, 0.15) is 0 Å². The molecule has 0 aliphatic heterocycles. The van der Waals surface area contributed by atoms with Gasteiger partial charge in [-0.3, -0.25) is 4.90 Å². The molecule has 108 valence electrons. The molecule has 0 amide bonds. The van der Waals surface area contributed by atoms with Gasteiger partial charge in [0.25, 0.3) is 0 Å². The van der Waals surface area contributed by atoms with Crippen LogP contribution >= 0.6 is 0 Å². The number of hydrogen-bond donors (Lipinski definition) is 1. The summed E-state index contributed by atoms with van der Waals surface area (Å²) >= 11 is 0. The molecule has 1 aromatic carbocycles. The molecule has 1 aromatic rings. The van der Waals surface area contributed by atoms with Gasteiger partial charge in [-0.25, -0.2) is 0 Å². The SMILES string of the molecule is CC(C)CCN(C)C(CN)c1ccc(C(C)C)cc1. The second-order valence-electron chi connectivity index (χ2n) is 6.24. The van der Waals surface area contributed by atoms with E-state index in [0.29, 0.717) is 18.5 Å². The summed E-state index contributed by atoms with van der Waals surface area (Å²) < 4.78 is 0. The van der Waals surface area contributed by atoms with Gasteiger partial charge in [0.05, 0.1) is 0 Å². The molecule has 0 radical (unpaired) electrons. The van der Waals surface area contributed by atoms with Crippen molar-refractivity contribution in [1.82, 2.24) is 4.90 Å². The Morgan fingerprint density at radius 2 is 1.53 bits per heavy atom. The first-order chi connectivity index (χ1) is 8.95. The Balaban J connectivity index is 2.73. The zero-order chi connectivity index (χ0) is 14.4. The molecule has 2 N–H and O–H groups in total. The molecule has 0 fully saturated rings. The average molecular weight is 262 g/mol. The molecule has 0 heterocycles. The van der Waals surface area contributed by atoms with Crippen molar-refractivity contribution in [2.75, 3.05) is 20.1 Å². The maximum Gasteiger partial charge on any atom is 0.0467 e. The van der Waals surface area contributed by atoms with Crippen LogP contribution in [0, 0.1) is 5.92 Å². The van der Waals surface area contributed by atoms with Crippen LogP contribution in [0.5, 0.6) is 0 Å². The van der Waals surface area contributed by atoms with Crippen LogP contribution in [0.3, 0.4) is 0 Å². The standard InChI is InChI=1S/C17H30N2/c1-13(2)10-11-19(5)17(12-18)16-8-6-15(7-9-16)14(3)4/h6-9,13-14,17H,10-12,18H2,1-5H3. The molecular formula is C17H30N2. The van der Waals surface area contributed by atoms with Gasteiger partial charge in [-0.15, -0.1) is 0 Å². The number of likely N-dealkylation sites (N-methyl/N-ethyl adjacent to an activating group) is 1. The average Bonchev–Trinajstić information content (AvgIpc) is 2.37. The Hall–Kier alpha value is -0.860. The fourth-order valence-electron chi connectivity index (χ4n) is 2.29. The van der Waals surface area contributed by atoms with E-state index in [1.165, 1.54) is 17.5 Å². The highest BCUT2D eigenvalue weighted by atomic mass is 15.1. The van der Waals surface area contributed by atoms with Gasteiger partial charge < -0.3 is 5.73 Å². The van der Waals surface area contributed by atoms with E-state index in [4.69, 9.17) is 5.73 Å². The van der Waals surface area contributed by atoms with Crippen LogP contribution in [-0.4, -0.2) is 25.0 Å². The van der Waals surface area contributed by atoms with Crippen LogP contribution in [0.4, 0.5) is 0 Å². The van der Waals surface area contributed by atoms with Crippen LogP contribution < -0.4 is 5.73 Å². The number of benzene rings is 1.